The van der Waals surface area contributed by atoms with Crippen molar-refractivity contribution in [3.63, 3.8) is 0 Å². The number of furan rings is 1. The summed E-state index contributed by atoms with van der Waals surface area (Å²) in [6.07, 6.45) is 5.64. The Bertz CT molecular complexity index is 177. The van der Waals surface area contributed by atoms with Crippen LogP contribution in [-0.4, -0.2) is 6.29 Å². The number of carbonyl (C=O) groups excluding carboxylic acids is 1. The molecule has 0 spiro atoms. The molecule has 53 valence electrons. The Morgan fingerprint density at radius 3 is 3.10 bits per heavy atom. The highest BCUT2D eigenvalue weighted by Crippen LogP contribution is 2.03. The second-order valence-corrected chi connectivity index (χ2v) is 2.08. The summed E-state index contributed by atoms with van der Waals surface area (Å²) in [7, 11) is 0. The molecule has 0 saturated carbocycles. The first-order chi connectivity index (χ1) is 4.93. The molecule has 1 radical (unpaired) electrons. The maximum absolute atomic E-state index is 9.78. The summed E-state index contributed by atoms with van der Waals surface area (Å²) in [5.41, 5.74) is 0. The Morgan fingerprint density at radius 2 is 2.50 bits per heavy atom. The molecular formula is C8H9O2. The van der Waals surface area contributed by atoms with Gasteiger partial charge in [0, 0.05) is 12.8 Å². The van der Waals surface area contributed by atoms with Gasteiger partial charge in [-0.1, -0.05) is 0 Å². The quantitative estimate of drug-likeness (QED) is 0.591. The molecule has 1 aromatic rings. The highest BCUT2D eigenvalue weighted by molar-refractivity contribution is 5.50. The maximum Gasteiger partial charge on any atom is 0.198 e. The van der Waals surface area contributed by atoms with Crippen LogP contribution in [0.25, 0.3) is 0 Å². The standard InChI is InChI=1S/C8H9O2/c9-6-2-1-4-8-5-3-7-10-8/h3,5,7H,1-2,4H2. The van der Waals surface area contributed by atoms with E-state index in [1.54, 1.807) is 6.26 Å². The van der Waals surface area contributed by atoms with Crippen LogP contribution in [0, 0.1) is 0 Å². The molecule has 0 amide bonds. The fourth-order valence-electron chi connectivity index (χ4n) is 0.790. The van der Waals surface area contributed by atoms with E-state index < -0.39 is 0 Å². The molecule has 0 aliphatic carbocycles. The van der Waals surface area contributed by atoms with Gasteiger partial charge < -0.3 is 4.42 Å². The molecule has 1 heterocycles. The molecule has 1 aromatic heterocycles. The molecule has 0 bridgehead atoms. The molecule has 2 nitrogen and oxygen atoms in total. The second kappa shape index (κ2) is 3.88. The molecule has 1 rings (SSSR count). The zero-order valence-electron chi connectivity index (χ0n) is 5.67. The normalized spacial score (nSPS) is 9.60. The lowest BCUT2D eigenvalue weighted by atomic mass is 10.2. The second-order valence-electron chi connectivity index (χ2n) is 2.08. The van der Waals surface area contributed by atoms with Gasteiger partial charge in [-0.25, -0.2) is 0 Å². The van der Waals surface area contributed by atoms with E-state index in [-0.39, 0.29) is 0 Å². The van der Waals surface area contributed by atoms with Gasteiger partial charge in [-0.05, 0) is 18.6 Å². The lowest BCUT2D eigenvalue weighted by Gasteiger charge is -1.89. The van der Waals surface area contributed by atoms with Gasteiger partial charge >= 0.3 is 0 Å². The molecular weight excluding hydrogens is 128 g/mol. The summed E-state index contributed by atoms with van der Waals surface area (Å²) in [5.74, 6) is 0.940. The topological polar surface area (TPSA) is 30.2 Å². The molecule has 0 saturated heterocycles. The van der Waals surface area contributed by atoms with Gasteiger partial charge in [0.1, 0.15) is 5.76 Å². The average molecular weight is 137 g/mol. The van der Waals surface area contributed by atoms with Crippen molar-refractivity contribution in [1.29, 1.82) is 0 Å². The SMILES string of the molecule is O=[C]CCCc1ccco1. The summed E-state index contributed by atoms with van der Waals surface area (Å²) in [4.78, 5) is 9.78. The van der Waals surface area contributed by atoms with Crippen molar-refractivity contribution in [3.05, 3.63) is 24.2 Å². The third-order valence-electron chi connectivity index (χ3n) is 1.28. The van der Waals surface area contributed by atoms with Crippen LogP contribution in [0.5, 0.6) is 0 Å². The van der Waals surface area contributed by atoms with Gasteiger partial charge in [0.05, 0.1) is 6.26 Å². The predicted molar refractivity (Wildman–Crippen MR) is 37.3 cm³/mol. The van der Waals surface area contributed by atoms with Gasteiger partial charge in [0.25, 0.3) is 0 Å². The molecule has 0 atom stereocenters. The van der Waals surface area contributed by atoms with Gasteiger partial charge in [-0.2, -0.15) is 0 Å². The number of hydrogen-bond donors (Lipinski definition) is 0. The molecule has 2 heteroatoms. The highest BCUT2D eigenvalue weighted by atomic mass is 16.3. The van der Waals surface area contributed by atoms with E-state index in [9.17, 15) is 4.79 Å². The third kappa shape index (κ3) is 2.05. The van der Waals surface area contributed by atoms with Crippen LogP contribution in [0.4, 0.5) is 0 Å². The lowest BCUT2D eigenvalue weighted by Crippen LogP contribution is -1.81. The van der Waals surface area contributed by atoms with Crippen LogP contribution >= 0.6 is 0 Å². The smallest absolute Gasteiger partial charge is 0.198 e. The van der Waals surface area contributed by atoms with E-state index in [1.165, 1.54) is 0 Å². The Kier molecular flexibility index (Phi) is 2.74. The van der Waals surface area contributed by atoms with Gasteiger partial charge in [-0.15, -0.1) is 0 Å². The molecule has 0 N–H and O–H groups in total. The van der Waals surface area contributed by atoms with Crippen LogP contribution in [0.3, 0.4) is 0 Å². The summed E-state index contributed by atoms with van der Waals surface area (Å²) < 4.78 is 5.05. The number of hydrogen-bond acceptors (Lipinski definition) is 2. The Hall–Kier alpha value is -1.05. The largest absolute Gasteiger partial charge is 0.469 e. The molecule has 0 unspecified atom stereocenters. The van der Waals surface area contributed by atoms with Crippen LogP contribution in [0.2, 0.25) is 0 Å². The van der Waals surface area contributed by atoms with Crippen molar-refractivity contribution < 1.29 is 9.21 Å². The van der Waals surface area contributed by atoms with Crippen molar-refractivity contribution in [1.82, 2.24) is 0 Å². The van der Waals surface area contributed by atoms with E-state index in [2.05, 4.69) is 0 Å². The Balaban J connectivity index is 2.21. The number of rotatable bonds is 4. The zero-order chi connectivity index (χ0) is 7.23. The van der Waals surface area contributed by atoms with Crippen molar-refractivity contribution in [3.8, 4) is 0 Å². The molecule has 0 aliphatic heterocycles. The van der Waals surface area contributed by atoms with Crippen LogP contribution in [0.15, 0.2) is 22.8 Å². The zero-order valence-corrected chi connectivity index (χ0v) is 5.67. The minimum absolute atomic E-state index is 0.501. The number of unbranched alkanes of at least 4 members (excludes halogenated alkanes) is 1. The first kappa shape index (κ1) is 7.06. The maximum atomic E-state index is 9.78. The van der Waals surface area contributed by atoms with Gasteiger partial charge in [-0.3, -0.25) is 4.79 Å². The van der Waals surface area contributed by atoms with E-state index in [1.807, 2.05) is 18.4 Å². The van der Waals surface area contributed by atoms with E-state index in [4.69, 9.17) is 4.42 Å². The fourth-order valence-corrected chi connectivity index (χ4v) is 0.790. The van der Waals surface area contributed by atoms with Crippen molar-refractivity contribution in [2.75, 3.05) is 0 Å². The monoisotopic (exact) mass is 137 g/mol. The summed E-state index contributed by atoms with van der Waals surface area (Å²) in [6, 6.07) is 3.75. The molecule has 10 heavy (non-hydrogen) atoms. The van der Waals surface area contributed by atoms with E-state index in [0.29, 0.717) is 6.42 Å². The van der Waals surface area contributed by atoms with Crippen molar-refractivity contribution in [2.24, 2.45) is 0 Å². The number of aryl methyl sites for hydroxylation is 1. The lowest BCUT2D eigenvalue weighted by molar-refractivity contribution is 0.500. The van der Waals surface area contributed by atoms with Gasteiger partial charge in [0.2, 0.25) is 0 Å². The highest BCUT2D eigenvalue weighted by Gasteiger charge is 1.93. The molecule has 0 fully saturated rings. The molecule has 0 aliphatic rings. The van der Waals surface area contributed by atoms with Crippen molar-refractivity contribution in [2.45, 2.75) is 19.3 Å². The minimum atomic E-state index is 0.501. The van der Waals surface area contributed by atoms with E-state index >= 15 is 0 Å². The summed E-state index contributed by atoms with van der Waals surface area (Å²) in [6.45, 7) is 0. The van der Waals surface area contributed by atoms with E-state index in [0.717, 1.165) is 18.6 Å². The molecule has 0 aromatic carbocycles. The average Bonchev–Trinajstić information content (AvgIpc) is 2.41. The Morgan fingerprint density at radius 1 is 1.60 bits per heavy atom. The van der Waals surface area contributed by atoms with Crippen LogP contribution < -0.4 is 0 Å². The Labute approximate surface area is 59.8 Å². The van der Waals surface area contributed by atoms with Crippen LogP contribution in [-0.2, 0) is 11.2 Å². The summed E-state index contributed by atoms with van der Waals surface area (Å²) in [5, 5.41) is 0. The first-order valence-electron chi connectivity index (χ1n) is 3.31. The van der Waals surface area contributed by atoms with Gasteiger partial charge in [0.15, 0.2) is 6.29 Å². The third-order valence-corrected chi connectivity index (χ3v) is 1.28. The predicted octanol–water partition coefficient (Wildman–Crippen LogP) is 1.71. The van der Waals surface area contributed by atoms with Crippen molar-refractivity contribution >= 4 is 6.29 Å². The first-order valence-corrected chi connectivity index (χ1v) is 3.31. The summed E-state index contributed by atoms with van der Waals surface area (Å²) >= 11 is 0. The fraction of sp³-hybridized carbons (Fsp3) is 0.375. The van der Waals surface area contributed by atoms with Crippen LogP contribution in [0.1, 0.15) is 18.6 Å². The minimum Gasteiger partial charge on any atom is -0.469 e.